The van der Waals surface area contributed by atoms with E-state index < -0.39 is 54.6 Å². The monoisotopic (exact) mass is 552 g/mol. The molecule has 37 heavy (non-hydrogen) atoms. The first-order chi connectivity index (χ1) is 17.4. The fourth-order valence-electron chi connectivity index (χ4n) is 3.89. The number of hydrogen-bond donors (Lipinski definition) is 5. The van der Waals surface area contributed by atoms with Crippen molar-refractivity contribution in [1.82, 2.24) is 24.5 Å². The summed E-state index contributed by atoms with van der Waals surface area (Å²) in [7, 11) is 0. The number of pyridine rings is 1. The third-order valence-corrected chi connectivity index (χ3v) is 6.23. The van der Waals surface area contributed by atoms with Crippen molar-refractivity contribution in [2.75, 3.05) is 12.3 Å². The van der Waals surface area contributed by atoms with Crippen LogP contribution in [0.25, 0.3) is 11.2 Å². The highest BCUT2D eigenvalue weighted by molar-refractivity contribution is 6.29. The number of nitrogen functional groups attached to an aromatic ring is 1. The van der Waals surface area contributed by atoms with E-state index in [-0.39, 0.29) is 33.0 Å². The van der Waals surface area contributed by atoms with Crippen molar-refractivity contribution < 1.29 is 39.5 Å². The van der Waals surface area contributed by atoms with Crippen LogP contribution < -0.4 is 5.73 Å². The van der Waals surface area contributed by atoms with Crippen molar-refractivity contribution in [2.24, 2.45) is 0 Å². The normalized spacial score (nSPS) is 23.7. The summed E-state index contributed by atoms with van der Waals surface area (Å²) in [4.78, 5) is 39.8. The number of hydrogen-bond acceptors (Lipinski definition) is 11. The molecule has 14 nitrogen and oxygen atoms in total. The van der Waals surface area contributed by atoms with Crippen LogP contribution in [0, 0.1) is 12.3 Å². The number of anilines is 1. The Balaban J connectivity index is 1.66. The zero-order valence-electron chi connectivity index (χ0n) is 18.5. The average Bonchev–Trinajstić information content (AvgIpc) is 3.35. The Morgan fingerprint density at radius 3 is 2.62 bits per heavy atom. The van der Waals surface area contributed by atoms with Crippen molar-refractivity contribution in [1.29, 1.82) is 0 Å². The number of halogens is 2. The van der Waals surface area contributed by atoms with Gasteiger partial charge in [-0.3, -0.25) is 4.57 Å². The fourth-order valence-corrected chi connectivity index (χ4v) is 4.26. The molecule has 3 aromatic rings. The van der Waals surface area contributed by atoms with Gasteiger partial charge in [0.1, 0.15) is 22.9 Å². The minimum atomic E-state index is -2.83. The van der Waals surface area contributed by atoms with Crippen molar-refractivity contribution in [2.45, 2.75) is 36.1 Å². The van der Waals surface area contributed by atoms with Gasteiger partial charge in [0, 0.05) is 12.6 Å². The Labute approximate surface area is 217 Å². The Bertz CT molecular complexity index is 1410. The molecule has 0 aliphatic carbocycles. The predicted molar refractivity (Wildman–Crippen MR) is 125 cm³/mol. The van der Waals surface area contributed by atoms with Crippen LogP contribution in [0.15, 0.2) is 24.7 Å². The fraction of sp³-hybridized carbons (Fsp3) is 0.333. The van der Waals surface area contributed by atoms with Gasteiger partial charge in [0.2, 0.25) is 5.28 Å². The number of terminal acetylenes is 1. The van der Waals surface area contributed by atoms with Crippen LogP contribution in [0.3, 0.4) is 0 Å². The van der Waals surface area contributed by atoms with E-state index in [9.17, 15) is 30.0 Å². The Morgan fingerprint density at radius 2 is 2.00 bits per heavy atom. The molecule has 4 heterocycles. The first-order valence-corrected chi connectivity index (χ1v) is 11.1. The summed E-state index contributed by atoms with van der Waals surface area (Å²) in [5.41, 5.74) is 0.888. The molecule has 4 atom stereocenters. The van der Waals surface area contributed by atoms with Crippen LogP contribution in [0.2, 0.25) is 10.4 Å². The number of imidazole rings is 1. The maximum atomic E-state index is 12.1. The Kier molecular flexibility index (Phi) is 6.95. The molecule has 1 saturated heterocycles. The van der Waals surface area contributed by atoms with Crippen molar-refractivity contribution in [3.05, 3.63) is 40.7 Å². The number of nitrogens with zero attached hydrogens (tertiary/aromatic N) is 5. The second-order valence-electron chi connectivity index (χ2n) is 8.04. The molecule has 0 unspecified atom stereocenters. The second-order valence-corrected chi connectivity index (χ2v) is 8.77. The molecule has 16 heteroatoms. The lowest BCUT2D eigenvalue weighted by Crippen LogP contribution is -2.55. The largest absolute Gasteiger partial charge is 0.479 e. The van der Waals surface area contributed by atoms with Crippen LogP contribution in [0.4, 0.5) is 5.82 Å². The van der Waals surface area contributed by atoms with Crippen LogP contribution in [0.5, 0.6) is 0 Å². The molecule has 0 bridgehead atoms. The number of aliphatic hydroxyl groups is 2. The lowest BCUT2D eigenvalue weighted by molar-refractivity contribution is -0.191. The lowest BCUT2D eigenvalue weighted by Gasteiger charge is -2.30. The first-order valence-electron chi connectivity index (χ1n) is 10.3. The van der Waals surface area contributed by atoms with Gasteiger partial charge in [-0.05, 0) is 29.3 Å². The highest BCUT2D eigenvalue weighted by Gasteiger charge is 2.58. The molecule has 1 fully saturated rings. The SMILES string of the molecule is C#C[C@@]1(O)[C@@H](COC(Cc2ccnc(Cl)c2)(C(=O)O)C(=O)O)O[C@@H](n2cnc3c(N)nc(Cl)nc32)[C@@H]1O. The van der Waals surface area contributed by atoms with E-state index >= 15 is 0 Å². The molecule has 0 aromatic carbocycles. The maximum absolute atomic E-state index is 12.1. The molecular weight excluding hydrogens is 535 g/mol. The summed E-state index contributed by atoms with van der Waals surface area (Å²) in [6.45, 7) is -0.851. The summed E-state index contributed by atoms with van der Waals surface area (Å²) < 4.78 is 12.3. The smallest absolute Gasteiger partial charge is 0.348 e. The van der Waals surface area contributed by atoms with E-state index in [0.717, 1.165) is 0 Å². The Morgan fingerprint density at radius 1 is 1.30 bits per heavy atom. The van der Waals surface area contributed by atoms with Crippen LogP contribution in [-0.2, 0) is 25.5 Å². The summed E-state index contributed by atoms with van der Waals surface area (Å²) in [6.07, 6.45) is 2.44. The molecule has 4 rings (SSSR count). The molecular formula is C21H18Cl2N6O8. The number of carbonyl (C=O) groups is 2. The van der Waals surface area contributed by atoms with Crippen molar-refractivity contribution in [3.63, 3.8) is 0 Å². The third-order valence-electron chi connectivity index (χ3n) is 5.86. The zero-order valence-corrected chi connectivity index (χ0v) is 20.0. The molecule has 1 aliphatic heterocycles. The molecule has 1 aliphatic rings. The standard InChI is InChI=1S/C21H18Cl2N6O8/c1-2-20(35)10(7-36-21(17(31)32,18(33)34)6-9-3-4-25-11(22)5-9)37-16(13(20)30)29-8-26-12-14(24)27-19(23)28-15(12)29/h1,3-5,8,10,13,16,30,35H,6-7H2,(H,31,32)(H,33,34)(H2,24,27,28)/t10-,13+,16-,20-/m1/s1. The molecule has 6 N–H and O–H groups in total. The molecule has 0 spiro atoms. The van der Waals surface area contributed by atoms with E-state index in [0.29, 0.717) is 0 Å². The van der Waals surface area contributed by atoms with E-state index in [1.165, 1.54) is 29.2 Å². The number of fused-ring (bicyclic) bond motifs is 1. The van der Waals surface area contributed by atoms with Gasteiger partial charge in [-0.2, -0.15) is 9.97 Å². The Hall–Kier alpha value is -3.58. The number of carboxylic acid groups (broad SMARTS) is 2. The van der Waals surface area contributed by atoms with Gasteiger partial charge in [-0.1, -0.05) is 17.5 Å². The molecule has 0 radical (unpaired) electrons. The third kappa shape index (κ3) is 4.53. The van der Waals surface area contributed by atoms with Gasteiger partial charge in [0.15, 0.2) is 23.3 Å². The summed E-state index contributed by atoms with van der Waals surface area (Å²) in [6, 6.07) is 2.64. The highest BCUT2D eigenvalue weighted by atomic mass is 35.5. The van der Waals surface area contributed by atoms with E-state index in [1.54, 1.807) is 0 Å². The number of rotatable bonds is 8. The number of nitrogens with two attached hydrogens (primary N) is 1. The van der Waals surface area contributed by atoms with Gasteiger partial charge < -0.3 is 35.6 Å². The summed E-state index contributed by atoms with van der Waals surface area (Å²) in [5.74, 6) is -1.72. The van der Waals surface area contributed by atoms with Crippen LogP contribution in [-0.4, -0.2) is 86.9 Å². The number of aliphatic carboxylic acids is 2. The molecule has 0 amide bonds. The van der Waals surface area contributed by atoms with Gasteiger partial charge in [0.05, 0.1) is 12.9 Å². The minimum absolute atomic E-state index is 0.00563. The van der Waals surface area contributed by atoms with Crippen LogP contribution >= 0.6 is 23.2 Å². The quantitative estimate of drug-likeness (QED) is 0.107. The highest BCUT2D eigenvalue weighted by Crippen LogP contribution is 2.39. The predicted octanol–water partition coefficient (Wildman–Crippen LogP) is -0.0998. The average molecular weight is 553 g/mol. The van der Waals surface area contributed by atoms with Gasteiger partial charge in [-0.15, -0.1) is 6.42 Å². The number of carboxylic acids is 2. The zero-order chi connectivity index (χ0) is 27.1. The molecule has 3 aromatic heterocycles. The van der Waals surface area contributed by atoms with E-state index in [4.69, 9.17) is 44.8 Å². The molecule has 0 saturated carbocycles. The molecule has 194 valence electrons. The lowest BCUT2D eigenvalue weighted by atomic mass is 9.92. The summed E-state index contributed by atoms with van der Waals surface area (Å²) >= 11 is 11.7. The van der Waals surface area contributed by atoms with Gasteiger partial charge in [0.25, 0.3) is 5.60 Å². The number of aromatic nitrogens is 5. The maximum Gasteiger partial charge on any atom is 0.348 e. The second kappa shape index (κ2) is 9.71. The number of aliphatic hydroxyl groups excluding tert-OH is 1. The summed E-state index contributed by atoms with van der Waals surface area (Å²) in [5, 5.41) is 41.3. The number of ether oxygens (including phenoxy) is 2. The van der Waals surface area contributed by atoms with Gasteiger partial charge in [-0.25, -0.2) is 19.6 Å². The van der Waals surface area contributed by atoms with Crippen molar-refractivity contribution in [3.8, 4) is 12.3 Å². The van der Waals surface area contributed by atoms with Crippen LogP contribution in [0.1, 0.15) is 11.8 Å². The minimum Gasteiger partial charge on any atom is -0.479 e. The topological polar surface area (TPSA) is 216 Å². The van der Waals surface area contributed by atoms with Gasteiger partial charge >= 0.3 is 11.9 Å². The van der Waals surface area contributed by atoms with E-state index in [1.807, 2.05) is 5.92 Å². The van der Waals surface area contributed by atoms with E-state index in [2.05, 4.69) is 19.9 Å². The van der Waals surface area contributed by atoms with Crippen molar-refractivity contribution >= 4 is 52.1 Å². The first kappa shape index (κ1) is 26.5.